The maximum atomic E-state index is 13.0. The molecular formula is C28H22N2O6. The topological polar surface area (TPSA) is 101 Å². The Bertz CT molecular complexity index is 1420. The molecule has 0 bridgehead atoms. The molecule has 5 rings (SSSR count). The molecule has 2 aliphatic heterocycles. The smallest absolute Gasteiger partial charge is 0.338 e. The largest absolute Gasteiger partial charge is 0.451 e. The van der Waals surface area contributed by atoms with E-state index in [1.165, 1.54) is 26.0 Å². The molecule has 3 aromatic carbocycles. The Morgan fingerprint density at radius 3 is 2.22 bits per heavy atom. The Labute approximate surface area is 207 Å². The molecule has 3 amide bonds. The molecule has 0 aliphatic carbocycles. The zero-order valence-electron chi connectivity index (χ0n) is 19.7. The first-order valence-corrected chi connectivity index (χ1v) is 11.5. The summed E-state index contributed by atoms with van der Waals surface area (Å²) in [6.07, 6.45) is -0.418. The number of anilines is 2. The molecule has 2 aliphatic rings. The van der Waals surface area contributed by atoms with Gasteiger partial charge in [0, 0.05) is 24.7 Å². The molecule has 0 saturated carbocycles. The van der Waals surface area contributed by atoms with Crippen molar-refractivity contribution >= 4 is 40.8 Å². The van der Waals surface area contributed by atoms with Crippen LogP contribution in [0.3, 0.4) is 0 Å². The lowest BCUT2D eigenvalue weighted by Crippen LogP contribution is -2.29. The number of fused-ring (bicyclic) bond motifs is 2. The minimum absolute atomic E-state index is 0.0569. The standard InChI is InChI=1S/C28H22N2O6/c1-16(25(32)19-10-11-24-18(14-19)12-13-29(24)17(2)31)36-28(35)20-6-5-7-21(15-20)30-26(33)22-8-3-4-9-23(22)27(30)34/h3-11,14-16H,12-13H2,1-2H3. The number of Topliss-reactive ketones (excluding diaryl/α,β-unsaturated/α-hetero) is 1. The monoisotopic (exact) mass is 482 g/mol. The van der Waals surface area contributed by atoms with Gasteiger partial charge in [-0.3, -0.25) is 19.2 Å². The number of carbonyl (C=O) groups excluding carboxylic acids is 5. The molecule has 0 fully saturated rings. The number of hydrogen-bond donors (Lipinski definition) is 0. The van der Waals surface area contributed by atoms with E-state index in [1.54, 1.807) is 59.5 Å². The molecule has 180 valence electrons. The molecule has 1 unspecified atom stereocenters. The molecule has 1 atom stereocenters. The molecule has 8 heteroatoms. The van der Waals surface area contributed by atoms with Gasteiger partial charge in [0.05, 0.1) is 22.4 Å². The maximum Gasteiger partial charge on any atom is 0.338 e. The molecule has 2 heterocycles. The van der Waals surface area contributed by atoms with Crippen LogP contribution >= 0.6 is 0 Å². The van der Waals surface area contributed by atoms with Crippen molar-refractivity contribution in [1.29, 1.82) is 0 Å². The number of carbonyl (C=O) groups is 5. The Morgan fingerprint density at radius 1 is 0.861 bits per heavy atom. The van der Waals surface area contributed by atoms with Gasteiger partial charge >= 0.3 is 5.97 Å². The van der Waals surface area contributed by atoms with E-state index < -0.39 is 23.9 Å². The van der Waals surface area contributed by atoms with Crippen molar-refractivity contribution in [2.75, 3.05) is 16.3 Å². The fourth-order valence-corrected chi connectivity index (χ4v) is 4.59. The zero-order chi connectivity index (χ0) is 25.6. The van der Waals surface area contributed by atoms with Crippen LogP contribution in [0.15, 0.2) is 66.7 Å². The van der Waals surface area contributed by atoms with Crippen molar-refractivity contribution in [3.63, 3.8) is 0 Å². The van der Waals surface area contributed by atoms with E-state index in [-0.39, 0.29) is 22.9 Å². The molecule has 0 spiro atoms. The number of esters is 1. The van der Waals surface area contributed by atoms with Crippen LogP contribution in [0.2, 0.25) is 0 Å². The summed E-state index contributed by atoms with van der Waals surface area (Å²) in [6, 6.07) is 17.6. The molecule has 0 aromatic heterocycles. The molecule has 0 N–H and O–H groups in total. The van der Waals surface area contributed by atoms with Gasteiger partial charge in [-0.25, -0.2) is 9.69 Å². The summed E-state index contributed by atoms with van der Waals surface area (Å²) in [4.78, 5) is 65.8. The first-order chi connectivity index (χ1) is 17.3. The van der Waals surface area contributed by atoms with Gasteiger partial charge in [0.15, 0.2) is 6.10 Å². The second-order valence-corrected chi connectivity index (χ2v) is 8.72. The van der Waals surface area contributed by atoms with E-state index in [2.05, 4.69) is 0 Å². The van der Waals surface area contributed by atoms with E-state index in [0.29, 0.717) is 29.7 Å². The van der Waals surface area contributed by atoms with Crippen molar-refractivity contribution in [3.8, 4) is 0 Å². The van der Waals surface area contributed by atoms with Crippen LogP contribution in [0.25, 0.3) is 0 Å². The number of amides is 3. The molecule has 8 nitrogen and oxygen atoms in total. The molecular weight excluding hydrogens is 460 g/mol. The van der Waals surface area contributed by atoms with Crippen molar-refractivity contribution in [3.05, 3.63) is 94.5 Å². The van der Waals surface area contributed by atoms with Gasteiger partial charge in [-0.2, -0.15) is 0 Å². The van der Waals surface area contributed by atoms with Crippen LogP contribution in [-0.2, 0) is 16.0 Å². The number of imide groups is 1. The number of ketones is 1. The summed E-state index contributed by atoms with van der Waals surface area (Å²) in [5.74, 6) is -2.12. The quantitative estimate of drug-likeness (QED) is 0.311. The van der Waals surface area contributed by atoms with Gasteiger partial charge in [0.1, 0.15) is 0 Å². The molecule has 36 heavy (non-hydrogen) atoms. The number of benzene rings is 3. The van der Waals surface area contributed by atoms with Gasteiger partial charge < -0.3 is 9.64 Å². The van der Waals surface area contributed by atoms with Crippen molar-refractivity contribution in [2.24, 2.45) is 0 Å². The SMILES string of the molecule is CC(=O)N1CCc2cc(C(=O)C(C)OC(=O)c3cccc(N4C(=O)c5ccccc5C4=O)c3)ccc21. The minimum atomic E-state index is -1.07. The Hall–Kier alpha value is -4.59. The average Bonchev–Trinajstić information content (AvgIpc) is 3.42. The van der Waals surface area contributed by atoms with Gasteiger partial charge in [0.2, 0.25) is 11.7 Å². The van der Waals surface area contributed by atoms with Gasteiger partial charge in [0.25, 0.3) is 11.8 Å². The highest BCUT2D eigenvalue weighted by Gasteiger charge is 2.36. The normalized spacial score (nSPS) is 14.9. The summed E-state index contributed by atoms with van der Waals surface area (Å²) in [5, 5.41) is 0. The van der Waals surface area contributed by atoms with Gasteiger partial charge in [-0.05, 0) is 67.4 Å². The fourth-order valence-electron chi connectivity index (χ4n) is 4.59. The second kappa shape index (κ2) is 8.88. The van der Waals surface area contributed by atoms with Gasteiger partial charge in [-0.1, -0.05) is 18.2 Å². The fraction of sp³-hybridized carbons (Fsp3) is 0.179. The number of rotatable bonds is 5. The number of hydrogen-bond acceptors (Lipinski definition) is 6. The Balaban J connectivity index is 1.31. The van der Waals surface area contributed by atoms with Gasteiger partial charge in [-0.15, -0.1) is 0 Å². The second-order valence-electron chi connectivity index (χ2n) is 8.72. The summed E-state index contributed by atoms with van der Waals surface area (Å²) in [6.45, 7) is 3.55. The van der Waals surface area contributed by atoms with Crippen LogP contribution in [0.1, 0.15) is 60.8 Å². The first kappa shape index (κ1) is 23.2. The number of ether oxygens (including phenoxy) is 1. The van der Waals surface area contributed by atoms with E-state index in [1.807, 2.05) is 0 Å². The van der Waals surface area contributed by atoms with E-state index >= 15 is 0 Å². The van der Waals surface area contributed by atoms with Crippen molar-refractivity contribution < 1.29 is 28.7 Å². The van der Waals surface area contributed by atoms with E-state index in [0.717, 1.165) is 16.2 Å². The molecule has 3 aromatic rings. The number of nitrogens with zero attached hydrogens (tertiary/aromatic N) is 2. The first-order valence-electron chi connectivity index (χ1n) is 11.5. The minimum Gasteiger partial charge on any atom is -0.451 e. The third-order valence-corrected chi connectivity index (χ3v) is 6.43. The average molecular weight is 482 g/mol. The summed E-state index contributed by atoms with van der Waals surface area (Å²) < 4.78 is 5.42. The van der Waals surface area contributed by atoms with Crippen LogP contribution in [-0.4, -0.2) is 42.1 Å². The summed E-state index contributed by atoms with van der Waals surface area (Å²) >= 11 is 0. The third-order valence-electron chi connectivity index (χ3n) is 6.43. The van der Waals surface area contributed by atoms with Crippen LogP contribution in [0.4, 0.5) is 11.4 Å². The lowest BCUT2D eigenvalue weighted by atomic mass is 10.0. The highest BCUT2D eigenvalue weighted by Crippen LogP contribution is 2.30. The molecule has 0 saturated heterocycles. The van der Waals surface area contributed by atoms with Crippen LogP contribution in [0.5, 0.6) is 0 Å². The van der Waals surface area contributed by atoms with E-state index in [4.69, 9.17) is 4.74 Å². The highest BCUT2D eigenvalue weighted by molar-refractivity contribution is 6.34. The Kier molecular flexibility index (Phi) is 5.72. The predicted molar refractivity (Wildman–Crippen MR) is 131 cm³/mol. The van der Waals surface area contributed by atoms with Crippen molar-refractivity contribution in [1.82, 2.24) is 0 Å². The lowest BCUT2D eigenvalue weighted by Gasteiger charge is -2.17. The predicted octanol–water partition coefficient (Wildman–Crippen LogP) is 3.82. The lowest BCUT2D eigenvalue weighted by molar-refractivity contribution is -0.116. The summed E-state index contributed by atoms with van der Waals surface area (Å²) in [7, 11) is 0. The van der Waals surface area contributed by atoms with Crippen molar-refractivity contribution in [2.45, 2.75) is 26.4 Å². The summed E-state index contributed by atoms with van der Waals surface area (Å²) in [5.41, 5.74) is 3.01. The third kappa shape index (κ3) is 3.86. The van der Waals surface area contributed by atoms with Crippen LogP contribution < -0.4 is 9.80 Å². The molecule has 0 radical (unpaired) electrons. The van der Waals surface area contributed by atoms with Crippen LogP contribution in [0, 0.1) is 0 Å². The highest BCUT2D eigenvalue weighted by atomic mass is 16.5. The Morgan fingerprint density at radius 2 is 1.56 bits per heavy atom. The van der Waals surface area contributed by atoms with E-state index in [9.17, 15) is 24.0 Å². The maximum absolute atomic E-state index is 13.0. The zero-order valence-corrected chi connectivity index (χ0v) is 19.7.